The summed E-state index contributed by atoms with van der Waals surface area (Å²) in [5.74, 6) is 0.557. The highest BCUT2D eigenvalue weighted by Crippen LogP contribution is 2.34. The van der Waals surface area contributed by atoms with Crippen molar-refractivity contribution in [2.45, 2.75) is 27.2 Å². The fourth-order valence-corrected chi connectivity index (χ4v) is 4.64. The van der Waals surface area contributed by atoms with Crippen molar-refractivity contribution in [3.8, 4) is 11.6 Å². The van der Waals surface area contributed by atoms with Crippen LogP contribution < -0.4 is 10.3 Å². The number of hydrogen-bond acceptors (Lipinski definition) is 6. The molecule has 0 radical (unpaired) electrons. The third kappa shape index (κ3) is 4.13. The van der Waals surface area contributed by atoms with Crippen molar-refractivity contribution in [1.29, 1.82) is 0 Å². The molecule has 1 fully saturated rings. The number of fused-ring (bicyclic) bond motifs is 1. The van der Waals surface area contributed by atoms with E-state index >= 15 is 0 Å². The molecule has 2 aromatic heterocycles. The van der Waals surface area contributed by atoms with Gasteiger partial charge in [-0.25, -0.2) is 0 Å². The van der Waals surface area contributed by atoms with E-state index in [1.54, 1.807) is 35.4 Å². The first-order valence-corrected chi connectivity index (χ1v) is 11.1. The largest absolute Gasteiger partial charge is 0.438 e. The van der Waals surface area contributed by atoms with E-state index in [-0.39, 0.29) is 22.9 Å². The van der Waals surface area contributed by atoms with Crippen LogP contribution in [0.3, 0.4) is 0 Å². The number of aromatic nitrogens is 2. The molecule has 0 atom stereocenters. The first-order chi connectivity index (χ1) is 14.9. The molecule has 158 valence electrons. The van der Waals surface area contributed by atoms with E-state index in [1.807, 2.05) is 39.0 Å². The third-order valence-corrected chi connectivity index (χ3v) is 6.25. The van der Waals surface area contributed by atoms with Crippen molar-refractivity contribution in [3.05, 3.63) is 74.5 Å². The van der Waals surface area contributed by atoms with Gasteiger partial charge < -0.3 is 4.74 Å². The van der Waals surface area contributed by atoms with Gasteiger partial charge in [-0.15, -0.1) is 0 Å². The maximum Gasteiger partial charge on any atom is 0.269 e. The minimum absolute atomic E-state index is 0.156. The van der Waals surface area contributed by atoms with E-state index in [9.17, 15) is 9.59 Å². The molecule has 0 unspecified atom stereocenters. The number of nitrogens with zero attached hydrogens (tertiary/aromatic N) is 3. The van der Waals surface area contributed by atoms with Crippen molar-refractivity contribution >= 4 is 45.9 Å². The number of carbonyl (C=O) groups excluding carboxylic acids is 1. The highest BCUT2D eigenvalue weighted by atomic mass is 32.2. The SMILES string of the molecule is CCCN1C(=O)/C(=C\c2c(Oc3ccc(C)cc3C)nc3ccccn3c2=O)SC1=S. The summed E-state index contributed by atoms with van der Waals surface area (Å²) in [4.78, 5) is 32.6. The summed E-state index contributed by atoms with van der Waals surface area (Å²) in [5, 5.41) is 0. The van der Waals surface area contributed by atoms with Gasteiger partial charge in [-0.05, 0) is 50.1 Å². The van der Waals surface area contributed by atoms with Gasteiger partial charge in [-0.1, -0.05) is 54.7 Å². The molecule has 31 heavy (non-hydrogen) atoms. The van der Waals surface area contributed by atoms with Crippen molar-refractivity contribution < 1.29 is 9.53 Å². The molecule has 0 spiro atoms. The summed E-state index contributed by atoms with van der Waals surface area (Å²) in [7, 11) is 0. The third-order valence-electron chi connectivity index (χ3n) is 4.87. The first kappa shape index (κ1) is 21.3. The monoisotopic (exact) mass is 451 g/mol. The van der Waals surface area contributed by atoms with E-state index in [2.05, 4.69) is 4.98 Å². The molecule has 0 aliphatic carbocycles. The second-order valence-corrected chi connectivity index (χ2v) is 8.94. The standard InChI is InChI=1S/C23H21N3O3S2/c1-4-10-26-22(28)18(31-23(26)30)13-16-20(29-17-9-8-14(2)12-15(17)3)24-19-7-5-6-11-25(19)21(16)27/h5-9,11-13H,4,10H2,1-3H3/b18-13+. The highest BCUT2D eigenvalue weighted by Gasteiger charge is 2.32. The van der Waals surface area contributed by atoms with Crippen molar-refractivity contribution in [3.63, 3.8) is 0 Å². The van der Waals surface area contributed by atoms with Gasteiger partial charge in [0.05, 0.1) is 4.91 Å². The van der Waals surface area contributed by atoms with Gasteiger partial charge in [-0.3, -0.25) is 18.9 Å². The number of carbonyl (C=O) groups is 1. The van der Waals surface area contributed by atoms with Crippen molar-refractivity contribution in [1.82, 2.24) is 14.3 Å². The number of amides is 1. The molecule has 1 aromatic carbocycles. The Bertz CT molecular complexity index is 1300. The van der Waals surface area contributed by atoms with Crippen molar-refractivity contribution in [2.24, 2.45) is 0 Å². The van der Waals surface area contributed by atoms with Crippen LogP contribution in [0.25, 0.3) is 11.7 Å². The average Bonchev–Trinajstić information content (AvgIpc) is 3.00. The Balaban J connectivity index is 1.86. The zero-order valence-corrected chi connectivity index (χ0v) is 19.0. The predicted octanol–water partition coefficient (Wildman–Crippen LogP) is 4.71. The van der Waals surface area contributed by atoms with Gasteiger partial charge in [0.1, 0.15) is 21.3 Å². The number of hydrogen-bond donors (Lipinski definition) is 0. The summed E-state index contributed by atoms with van der Waals surface area (Å²) in [6.45, 7) is 6.47. The number of benzene rings is 1. The molecule has 1 saturated heterocycles. The van der Waals surface area contributed by atoms with Crippen LogP contribution in [0.15, 0.2) is 52.3 Å². The topological polar surface area (TPSA) is 63.9 Å². The highest BCUT2D eigenvalue weighted by molar-refractivity contribution is 8.26. The summed E-state index contributed by atoms with van der Waals surface area (Å²) in [5.41, 5.74) is 2.39. The lowest BCUT2D eigenvalue weighted by Crippen LogP contribution is -2.28. The Kier molecular flexibility index (Phi) is 5.93. The Morgan fingerprint density at radius 1 is 1.19 bits per heavy atom. The van der Waals surface area contributed by atoms with Crippen LogP contribution in [0, 0.1) is 13.8 Å². The van der Waals surface area contributed by atoms with E-state index < -0.39 is 0 Å². The molecular formula is C23H21N3O3S2. The summed E-state index contributed by atoms with van der Waals surface area (Å²) in [6, 6.07) is 11.1. The lowest BCUT2D eigenvalue weighted by Gasteiger charge is -2.13. The molecule has 0 N–H and O–H groups in total. The fourth-order valence-electron chi connectivity index (χ4n) is 3.35. The summed E-state index contributed by atoms with van der Waals surface area (Å²) in [6.07, 6.45) is 3.98. The van der Waals surface area contributed by atoms with Gasteiger partial charge in [0.25, 0.3) is 11.5 Å². The van der Waals surface area contributed by atoms with Crippen molar-refractivity contribution in [2.75, 3.05) is 6.54 Å². The van der Waals surface area contributed by atoms with Gasteiger partial charge in [-0.2, -0.15) is 4.98 Å². The van der Waals surface area contributed by atoms with E-state index in [0.29, 0.717) is 27.2 Å². The molecule has 8 heteroatoms. The van der Waals surface area contributed by atoms with Crippen LogP contribution >= 0.6 is 24.0 Å². The molecule has 1 amide bonds. The number of aryl methyl sites for hydroxylation is 2. The molecule has 3 aromatic rings. The molecule has 0 bridgehead atoms. The summed E-state index contributed by atoms with van der Waals surface area (Å²) < 4.78 is 8.02. The summed E-state index contributed by atoms with van der Waals surface area (Å²) >= 11 is 6.54. The maximum absolute atomic E-state index is 13.3. The smallest absolute Gasteiger partial charge is 0.269 e. The van der Waals surface area contributed by atoms with Crippen LogP contribution in [0.2, 0.25) is 0 Å². The lowest BCUT2D eigenvalue weighted by molar-refractivity contribution is -0.122. The van der Waals surface area contributed by atoms with Crippen LogP contribution in [-0.2, 0) is 4.79 Å². The molecule has 4 rings (SSSR count). The molecule has 3 heterocycles. The Labute approximate surface area is 189 Å². The van der Waals surface area contributed by atoms with E-state index in [0.717, 1.165) is 17.5 Å². The number of thiocarbonyl (C=S) groups is 1. The van der Waals surface area contributed by atoms with Crippen LogP contribution in [0.4, 0.5) is 0 Å². The number of pyridine rings is 1. The number of thioether (sulfide) groups is 1. The average molecular weight is 452 g/mol. The normalized spacial score (nSPS) is 15.3. The molecule has 1 aliphatic heterocycles. The number of rotatable bonds is 5. The molecule has 1 aliphatic rings. The maximum atomic E-state index is 13.3. The molecular weight excluding hydrogens is 430 g/mol. The minimum atomic E-state index is -0.314. The van der Waals surface area contributed by atoms with Crippen LogP contribution in [0.1, 0.15) is 30.0 Å². The van der Waals surface area contributed by atoms with Crippen LogP contribution in [0.5, 0.6) is 11.6 Å². The second-order valence-electron chi connectivity index (χ2n) is 7.27. The van der Waals surface area contributed by atoms with Gasteiger partial charge in [0, 0.05) is 12.7 Å². The Hall–Kier alpha value is -2.97. The fraction of sp³-hybridized carbons (Fsp3) is 0.217. The van der Waals surface area contributed by atoms with Gasteiger partial charge >= 0.3 is 0 Å². The predicted molar refractivity (Wildman–Crippen MR) is 128 cm³/mol. The Morgan fingerprint density at radius 3 is 2.74 bits per heavy atom. The first-order valence-electron chi connectivity index (χ1n) is 9.91. The lowest BCUT2D eigenvalue weighted by atomic mass is 10.1. The minimum Gasteiger partial charge on any atom is -0.438 e. The zero-order valence-electron chi connectivity index (χ0n) is 17.4. The second kappa shape index (κ2) is 8.64. The number of ether oxygens (including phenoxy) is 1. The molecule has 0 saturated carbocycles. The Morgan fingerprint density at radius 2 is 2.00 bits per heavy atom. The van der Waals surface area contributed by atoms with Gasteiger partial charge in [0.2, 0.25) is 5.88 Å². The zero-order chi connectivity index (χ0) is 22.1. The van der Waals surface area contributed by atoms with E-state index in [4.69, 9.17) is 17.0 Å². The molecule has 6 nitrogen and oxygen atoms in total. The van der Waals surface area contributed by atoms with E-state index in [1.165, 1.54) is 16.2 Å². The quantitative estimate of drug-likeness (QED) is 0.413. The van der Waals surface area contributed by atoms with Gasteiger partial charge in [0.15, 0.2) is 0 Å². The van der Waals surface area contributed by atoms with Crippen LogP contribution in [-0.4, -0.2) is 31.1 Å².